The molecule has 0 amide bonds. The van der Waals surface area contributed by atoms with Gasteiger partial charge in [0, 0.05) is 25.3 Å². The highest BCUT2D eigenvalue weighted by Crippen LogP contribution is 2.38. The molecule has 0 unspecified atom stereocenters. The monoisotopic (exact) mass is 628 g/mol. The third-order valence-electron chi connectivity index (χ3n) is 8.48. The minimum absolute atomic E-state index is 0.0692. The topological polar surface area (TPSA) is 119 Å². The standard InChI is InChI=1S/C37H56O8/c1-4-6-8-9-12-16-29(38)21-22-31-30(32(39)27-33(31)40)17-13-10-11-14-18-37(42)45-34-23-19-28(26-35(34)43-3)20-24-36(41)44-25-15-7-5-2/h10,13,19-20,23-24,26,30-33,39-40H,4-9,11-12,14-18,21-22,25,27H2,1-3H3/b13-10-,24-20+/t30-,31-,32+,33-/m1/s1. The predicted octanol–water partition coefficient (Wildman–Crippen LogP) is 7.53. The number of ketones is 1. The lowest BCUT2D eigenvalue weighted by Gasteiger charge is -2.22. The van der Waals surface area contributed by atoms with E-state index in [0.717, 1.165) is 32.1 Å². The molecular weight excluding hydrogens is 572 g/mol. The maximum atomic E-state index is 12.5. The number of hydrogen-bond acceptors (Lipinski definition) is 8. The highest BCUT2D eigenvalue weighted by molar-refractivity contribution is 5.87. The van der Waals surface area contributed by atoms with Crippen molar-refractivity contribution >= 4 is 23.8 Å². The van der Waals surface area contributed by atoms with Crippen LogP contribution in [-0.2, 0) is 19.1 Å². The first-order valence-corrected chi connectivity index (χ1v) is 17.0. The van der Waals surface area contributed by atoms with E-state index in [1.807, 2.05) is 12.2 Å². The second-order valence-electron chi connectivity index (χ2n) is 12.1. The van der Waals surface area contributed by atoms with Crippen LogP contribution in [0.1, 0.15) is 122 Å². The van der Waals surface area contributed by atoms with Crippen molar-refractivity contribution in [2.45, 2.75) is 129 Å². The molecule has 0 radical (unpaired) electrons. The molecule has 2 N–H and O–H groups in total. The van der Waals surface area contributed by atoms with E-state index in [4.69, 9.17) is 14.2 Å². The predicted molar refractivity (Wildman–Crippen MR) is 177 cm³/mol. The summed E-state index contributed by atoms with van der Waals surface area (Å²) in [6, 6.07) is 5.07. The molecule has 0 bridgehead atoms. The summed E-state index contributed by atoms with van der Waals surface area (Å²) in [5.74, 6) is 0.0353. The Balaban J connectivity index is 1.72. The number of carbonyl (C=O) groups excluding carboxylic acids is 3. The van der Waals surface area contributed by atoms with Gasteiger partial charge in [0.1, 0.15) is 5.78 Å². The number of unbranched alkanes of at least 4 members (excludes halogenated alkanes) is 7. The van der Waals surface area contributed by atoms with Crippen LogP contribution in [0.4, 0.5) is 0 Å². The fraction of sp³-hybridized carbons (Fsp3) is 0.649. The summed E-state index contributed by atoms with van der Waals surface area (Å²) in [5, 5.41) is 21.0. The summed E-state index contributed by atoms with van der Waals surface area (Å²) in [7, 11) is 1.49. The quantitative estimate of drug-likeness (QED) is 0.0420. The maximum absolute atomic E-state index is 12.5. The second-order valence-corrected chi connectivity index (χ2v) is 12.1. The van der Waals surface area contributed by atoms with Gasteiger partial charge in [-0.3, -0.25) is 9.59 Å². The number of methoxy groups -OCH3 is 1. The molecule has 8 nitrogen and oxygen atoms in total. The van der Waals surface area contributed by atoms with Crippen LogP contribution in [-0.4, -0.2) is 53.9 Å². The van der Waals surface area contributed by atoms with Crippen molar-refractivity contribution in [3.05, 3.63) is 42.0 Å². The number of benzene rings is 1. The van der Waals surface area contributed by atoms with Crippen molar-refractivity contribution in [2.75, 3.05) is 13.7 Å². The number of ether oxygens (including phenoxy) is 3. The molecule has 252 valence electrons. The minimum atomic E-state index is -0.579. The van der Waals surface area contributed by atoms with Crippen LogP contribution in [0, 0.1) is 11.8 Å². The molecule has 2 rings (SSSR count). The highest BCUT2D eigenvalue weighted by atomic mass is 16.6. The molecule has 0 heterocycles. The molecule has 8 heteroatoms. The van der Waals surface area contributed by atoms with Crippen LogP contribution < -0.4 is 9.47 Å². The molecule has 1 fully saturated rings. The fourth-order valence-electron chi connectivity index (χ4n) is 5.80. The summed E-state index contributed by atoms with van der Waals surface area (Å²) in [6.45, 7) is 4.67. The highest BCUT2D eigenvalue weighted by Gasteiger charge is 2.40. The lowest BCUT2D eigenvalue weighted by molar-refractivity contribution is -0.138. The zero-order chi connectivity index (χ0) is 32.9. The minimum Gasteiger partial charge on any atom is -0.493 e. The third-order valence-corrected chi connectivity index (χ3v) is 8.48. The molecule has 0 spiro atoms. The Morgan fingerprint density at radius 1 is 0.844 bits per heavy atom. The van der Waals surface area contributed by atoms with Crippen molar-refractivity contribution in [3.63, 3.8) is 0 Å². The van der Waals surface area contributed by atoms with Crippen LogP contribution in [0.5, 0.6) is 11.5 Å². The zero-order valence-electron chi connectivity index (χ0n) is 27.7. The van der Waals surface area contributed by atoms with Gasteiger partial charge in [0.05, 0.1) is 25.9 Å². The number of carbonyl (C=O) groups is 3. The van der Waals surface area contributed by atoms with E-state index in [-0.39, 0.29) is 30.0 Å². The van der Waals surface area contributed by atoms with Crippen LogP contribution in [0.25, 0.3) is 6.08 Å². The molecule has 1 saturated carbocycles. The first-order valence-electron chi connectivity index (χ1n) is 17.0. The normalized spacial score (nSPS) is 19.8. The second kappa shape index (κ2) is 22.5. The fourth-order valence-corrected chi connectivity index (χ4v) is 5.80. The molecule has 1 aliphatic carbocycles. The summed E-state index contributed by atoms with van der Waals surface area (Å²) in [4.78, 5) is 36.7. The van der Waals surface area contributed by atoms with Crippen molar-refractivity contribution in [3.8, 4) is 11.5 Å². The molecule has 1 aliphatic rings. The molecule has 45 heavy (non-hydrogen) atoms. The number of esters is 2. The number of rotatable bonds is 23. The molecule has 4 atom stereocenters. The van der Waals surface area contributed by atoms with Gasteiger partial charge in [0.2, 0.25) is 0 Å². The first-order chi connectivity index (χ1) is 21.8. The van der Waals surface area contributed by atoms with Gasteiger partial charge in [-0.2, -0.15) is 0 Å². The van der Waals surface area contributed by atoms with Gasteiger partial charge in [-0.05, 0) is 80.6 Å². The van der Waals surface area contributed by atoms with Gasteiger partial charge in [-0.15, -0.1) is 0 Å². The van der Waals surface area contributed by atoms with Gasteiger partial charge in [0.25, 0.3) is 0 Å². The van der Waals surface area contributed by atoms with E-state index in [1.54, 1.807) is 24.3 Å². The lowest BCUT2D eigenvalue weighted by Crippen LogP contribution is -2.22. The summed E-state index contributed by atoms with van der Waals surface area (Å²) in [5.41, 5.74) is 0.717. The Kier molecular flexibility index (Phi) is 19.1. The molecule has 0 aliphatic heterocycles. The third kappa shape index (κ3) is 15.2. The summed E-state index contributed by atoms with van der Waals surface area (Å²) >= 11 is 0. The van der Waals surface area contributed by atoms with Crippen molar-refractivity contribution in [1.82, 2.24) is 0 Å². The maximum Gasteiger partial charge on any atom is 0.330 e. The Morgan fingerprint density at radius 3 is 2.33 bits per heavy atom. The largest absolute Gasteiger partial charge is 0.493 e. The average molecular weight is 629 g/mol. The molecular formula is C37H56O8. The molecule has 0 saturated heterocycles. The van der Waals surface area contributed by atoms with E-state index in [1.165, 1.54) is 32.4 Å². The van der Waals surface area contributed by atoms with Crippen molar-refractivity contribution < 1.29 is 38.8 Å². The van der Waals surface area contributed by atoms with E-state index < -0.39 is 18.2 Å². The number of Topliss-reactive ketones (excluding diaryl/α,β-unsaturated/α-hetero) is 1. The Labute approximate surface area is 270 Å². The number of hydrogen-bond donors (Lipinski definition) is 2. The average Bonchev–Trinajstić information content (AvgIpc) is 3.30. The summed E-state index contributed by atoms with van der Waals surface area (Å²) < 4.78 is 16.1. The van der Waals surface area contributed by atoms with Gasteiger partial charge in [0.15, 0.2) is 11.5 Å². The van der Waals surface area contributed by atoms with Crippen LogP contribution in [0.2, 0.25) is 0 Å². The lowest BCUT2D eigenvalue weighted by atomic mass is 9.86. The number of allylic oxidation sites excluding steroid dienone is 2. The van der Waals surface area contributed by atoms with Crippen LogP contribution >= 0.6 is 0 Å². The van der Waals surface area contributed by atoms with E-state index >= 15 is 0 Å². The molecule has 1 aromatic rings. The SMILES string of the molecule is CCCCCCCC(=O)CC[C@@H]1[C@@H](C/C=C\CCCC(=O)Oc2ccc(/C=C/C(=O)OCCCCC)cc2OC)[C@@H](O)C[C@H]1O. The Bertz CT molecular complexity index is 1080. The Hall–Kier alpha value is -2.97. The first kappa shape index (κ1) is 38.2. The van der Waals surface area contributed by atoms with E-state index in [2.05, 4.69) is 13.8 Å². The van der Waals surface area contributed by atoms with Crippen LogP contribution in [0.15, 0.2) is 36.4 Å². The molecule has 1 aromatic carbocycles. The smallest absolute Gasteiger partial charge is 0.330 e. The van der Waals surface area contributed by atoms with E-state index in [9.17, 15) is 24.6 Å². The summed E-state index contributed by atoms with van der Waals surface area (Å²) in [6.07, 6.45) is 18.6. The van der Waals surface area contributed by atoms with Gasteiger partial charge in [-0.1, -0.05) is 70.6 Å². The van der Waals surface area contributed by atoms with Gasteiger partial charge in [-0.25, -0.2) is 4.79 Å². The van der Waals surface area contributed by atoms with E-state index in [0.29, 0.717) is 68.6 Å². The van der Waals surface area contributed by atoms with Crippen molar-refractivity contribution in [2.24, 2.45) is 11.8 Å². The van der Waals surface area contributed by atoms with Crippen LogP contribution in [0.3, 0.4) is 0 Å². The van der Waals surface area contributed by atoms with Gasteiger partial charge < -0.3 is 24.4 Å². The zero-order valence-corrected chi connectivity index (χ0v) is 27.7. The Morgan fingerprint density at radius 2 is 1.58 bits per heavy atom. The van der Waals surface area contributed by atoms with Gasteiger partial charge >= 0.3 is 11.9 Å². The van der Waals surface area contributed by atoms with Crippen molar-refractivity contribution in [1.29, 1.82) is 0 Å². The molecule has 0 aromatic heterocycles. The number of aliphatic hydroxyl groups is 2. The number of aliphatic hydroxyl groups excluding tert-OH is 2.